The first kappa shape index (κ1) is 27.9. The lowest BCUT2D eigenvalue weighted by Gasteiger charge is -2.15. The molecule has 0 saturated heterocycles. The summed E-state index contributed by atoms with van der Waals surface area (Å²) in [6.07, 6.45) is 0.892. The quantitative estimate of drug-likeness (QED) is 0.103. The van der Waals surface area contributed by atoms with E-state index < -0.39 is 24.0 Å². The molecule has 0 aliphatic carbocycles. The summed E-state index contributed by atoms with van der Waals surface area (Å²) < 4.78 is 10.0. The van der Waals surface area contributed by atoms with Gasteiger partial charge in [-0.1, -0.05) is 23.7 Å². The summed E-state index contributed by atoms with van der Waals surface area (Å²) in [4.78, 5) is 46.2. The molecule has 14 nitrogen and oxygen atoms in total. The van der Waals surface area contributed by atoms with E-state index in [0.29, 0.717) is 18.7 Å². The van der Waals surface area contributed by atoms with E-state index in [1.54, 1.807) is 12.1 Å². The number of unbranched alkanes of at least 4 members (excludes halogenated alkanes) is 1. The van der Waals surface area contributed by atoms with Gasteiger partial charge in [-0.15, -0.1) is 0 Å². The van der Waals surface area contributed by atoms with Crippen LogP contribution < -0.4 is 32.6 Å². The standard InChI is InChI=1S/C21H27ClN8O6/c1-35-19(32)13(27-21(33)34)10-36-12-7-5-11(6-8-12)4-2-3-9-26-20(25)30-18(31)14-16(23)29-17(24)15(22)28-14/h5-8,13,27H,2-4,9-10H2,1H3,(H,33,34)(H4,23,24,29)(H3,25,26,30,31). The number of carboxylic acid groups (broad SMARTS) is 1. The highest BCUT2D eigenvalue weighted by molar-refractivity contribution is 6.31. The second-order valence-electron chi connectivity index (χ2n) is 7.29. The lowest BCUT2D eigenvalue weighted by atomic mass is 10.1. The predicted octanol–water partition coefficient (Wildman–Crippen LogP) is 0.550. The second-order valence-corrected chi connectivity index (χ2v) is 7.65. The molecule has 2 amide bonds. The molecular formula is C21H27ClN8O6. The number of hydrogen-bond acceptors (Lipinski definition) is 10. The average molecular weight is 523 g/mol. The van der Waals surface area contributed by atoms with Crippen LogP contribution in [0.3, 0.4) is 0 Å². The number of benzene rings is 1. The van der Waals surface area contributed by atoms with Gasteiger partial charge in [0.2, 0.25) is 0 Å². The molecule has 36 heavy (non-hydrogen) atoms. The number of nitrogen functional groups attached to an aromatic ring is 2. The fraction of sp³-hybridized carbons (Fsp3) is 0.333. The number of ether oxygens (including phenoxy) is 2. The predicted molar refractivity (Wildman–Crippen MR) is 132 cm³/mol. The van der Waals surface area contributed by atoms with Crippen LogP contribution in [0.4, 0.5) is 16.4 Å². The molecule has 0 saturated carbocycles. The zero-order chi connectivity index (χ0) is 26.7. The van der Waals surface area contributed by atoms with E-state index in [1.807, 2.05) is 17.4 Å². The van der Waals surface area contributed by atoms with Crippen molar-refractivity contribution in [2.24, 2.45) is 10.7 Å². The minimum atomic E-state index is -1.36. The summed E-state index contributed by atoms with van der Waals surface area (Å²) in [6.45, 7) is 0.168. The van der Waals surface area contributed by atoms with Gasteiger partial charge in [0.15, 0.2) is 34.5 Å². The van der Waals surface area contributed by atoms with Crippen molar-refractivity contribution in [2.45, 2.75) is 25.3 Å². The number of rotatable bonds is 11. The lowest BCUT2D eigenvalue weighted by molar-refractivity contribution is -0.143. The number of aryl methyl sites for hydroxylation is 1. The van der Waals surface area contributed by atoms with Gasteiger partial charge in [0.05, 0.1) is 7.11 Å². The zero-order valence-corrected chi connectivity index (χ0v) is 20.1. The molecule has 0 bridgehead atoms. The van der Waals surface area contributed by atoms with Crippen LogP contribution in [-0.2, 0) is 16.0 Å². The van der Waals surface area contributed by atoms with Crippen LogP contribution in [0.1, 0.15) is 28.9 Å². The smallest absolute Gasteiger partial charge is 0.405 e. The first-order valence-corrected chi connectivity index (χ1v) is 11.0. The molecule has 0 spiro atoms. The number of carbonyl (C=O) groups excluding carboxylic acids is 2. The summed E-state index contributed by atoms with van der Waals surface area (Å²) >= 11 is 5.76. The molecule has 0 aliphatic rings. The Hall–Kier alpha value is -4.33. The van der Waals surface area contributed by atoms with Crippen molar-refractivity contribution in [3.63, 3.8) is 0 Å². The molecule has 0 fully saturated rings. The van der Waals surface area contributed by atoms with Crippen molar-refractivity contribution in [1.29, 1.82) is 0 Å². The van der Waals surface area contributed by atoms with Crippen LogP contribution in [0.2, 0.25) is 5.15 Å². The number of carbonyl (C=O) groups is 3. The van der Waals surface area contributed by atoms with Gasteiger partial charge in [-0.2, -0.15) is 0 Å². The molecular weight excluding hydrogens is 496 g/mol. The third-order valence-corrected chi connectivity index (χ3v) is 4.92. The van der Waals surface area contributed by atoms with Crippen LogP contribution in [0, 0.1) is 0 Å². The number of aliphatic imine (C=N–C) groups is 1. The third-order valence-electron chi connectivity index (χ3n) is 4.64. The average Bonchev–Trinajstić information content (AvgIpc) is 2.83. The zero-order valence-electron chi connectivity index (χ0n) is 19.4. The Bertz CT molecular complexity index is 1110. The molecule has 0 radical (unpaired) electrons. The molecule has 15 heteroatoms. The van der Waals surface area contributed by atoms with E-state index in [4.69, 9.17) is 38.6 Å². The molecule has 2 aromatic rings. The number of hydrogen-bond donors (Lipinski definition) is 6. The molecule has 0 aliphatic heterocycles. The minimum absolute atomic E-state index is 0.0882. The van der Waals surface area contributed by atoms with E-state index >= 15 is 0 Å². The van der Waals surface area contributed by atoms with Gasteiger partial charge in [-0.3, -0.25) is 15.1 Å². The van der Waals surface area contributed by atoms with Crippen molar-refractivity contribution in [3.8, 4) is 5.75 Å². The number of aromatic nitrogens is 2. The van der Waals surface area contributed by atoms with Crippen molar-refractivity contribution in [2.75, 3.05) is 31.7 Å². The summed E-state index contributed by atoms with van der Waals surface area (Å²) in [5.41, 5.74) is 17.7. The van der Waals surface area contributed by atoms with E-state index in [9.17, 15) is 14.4 Å². The summed E-state index contributed by atoms with van der Waals surface area (Å²) in [5, 5.41) is 13.1. The first-order chi connectivity index (χ1) is 17.1. The van der Waals surface area contributed by atoms with Crippen molar-refractivity contribution in [1.82, 2.24) is 20.6 Å². The number of esters is 1. The fourth-order valence-electron chi connectivity index (χ4n) is 2.86. The van der Waals surface area contributed by atoms with Crippen LogP contribution >= 0.6 is 11.6 Å². The van der Waals surface area contributed by atoms with E-state index in [0.717, 1.165) is 25.5 Å². The Kier molecular flexibility index (Phi) is 10.5. The topological polar surface area (TPSA) is 230 Å². The molecule has 1 aromatic carbocycles. The van der Waals surface area contributed by atoms with Crippen molar-refractivity contribution in [3.05, 3.63) is 40.7 Å². The number of halogens is 1. The van der Waals surface area contributed by atoms with Crippen LogP contribution in [-0.4, -0.2) is 65.3 Å². The summed E-state index contributed by atoms with van der Waals surface area (Å²) in [7, 11) is 1.16. The number of guanidine groups is 1. The van der Waals surface area contributed by atoms with Gasteiger partial charge in [-0.25, -0.2) is 19.6 Å². The normalized spacial score (nSPS) is 11.9. The second kappa shape index (κ2) is 13.5. The minimum Gasteiger partial charge on any atom is -0.491 e. The third kappa shape index (κ3) is 8.79. The number of methoxy groups -OCH3 is 1. The van der Waals surface area contributed by atoms with Crippen LogP contribution in [0.25, 0.3) is 0 Å². The molecule has 1 aromatic heterocycles. The van der Waals surface area contributed by atoms with Crippen LogP contribution in [0.15, 0.2) is 29.3 Å². The maximum absolute atomic E-state index is 12.2. The first-order valence-electron chi connectivity index (χ1n) is 10.6. The van der Waals surface area contributed by atoms with E-state index in [2.05, 4.69) is 25.0 Å². The number of nitrogens with zero attached hydrogens (tertiary/aromatic N) is 3. The molecule has 2 rings (SSSR count). The largest absolute Gasteiger partial charge is 0.491 e. The molecule has 1 atom stereocenters. The Labute approximate surface area is 211 Å². The molecule has 1 heterocycles. The van der Waals surface area contributed by atoms with Gasteiger partial charge < -0.3 is 37.1 Å². The Morgan fingerprint density at radius 2 is 1.83 bits per heavy atom. The van der Waals surface area contributed by atoms with Gasteiger partial charge >= 0.3 is 12.1 Å². The lowest BCUT2D eigenvalue weighted by Crippen LogP contribution is -2.44. The fourth-order valence-corrected chi connectivity index (χ4v) is 2.98. The van der Waals surface area contributed by atoms with Gasteiger partial charge in [-0.05, 0) is 37.0 Å². The van der Waals surface area contributed by atoms with E-state index in [1.165, 1.54) is 0 Å². The summed E-state index contributed by atoms with van der Waals surface area (Å²) in [6, 6.07) is 6.00. The number of amides is 2. The Morgan fingerprint density at radius 3 is 2.47 bits per heavy atom. The molecule has 194 valence electrons. The van der Waals surface area contributed by atoms with E-state index in [-0.39, 0.29) is 35.0 Å². The summed E-state index contributed by atoms with van der Waals surface area (Å²) in [5.74, 6) is -1.35. The Morgan fingerprint density at radius 1 is 1.14 bits per heavy atom. The number of nitrogens with one attached hydrogen (secondary N) is 2. The number of nitrogens with two attached hydrogens (primary N) is 3. The maximum Gasteiger partial charge on any atom is 0.405 e. The highest BCUT2D eigenvalue weighted by atomic mass is 35.5. The number of anilines is 2. The van der Waals surface area contributed by atoms with Crippen LogP contribution in [0.5, 0.6) is 5.75 Å². The molecule has 1 unspecified atom stereocenters. The monoisotopic (exact) mass is 522 g/mol. The highest BCUT2D eigenvalue weighted by Gasteiger charge is 2.22. The van der Waals surface area contributed by atoms with Gasteiger partial charge in [0.1, 0.15) is 12.4 Å². The van der Waals surface area contributed by atoms with Crippen molar-refractivity contribution >= 4 is 47.2 Å². The van der Waals surface area contributed by atoms with Crippen molar-refractivity contribution < 1.29 is 29.0 Å². The Balaban J connectivity index is 1.75. The van der Waals surface area contributed by atoms with Gasteiger partial charge in [0, 0.05) is 6.54 Å². The highest BCUT2D eigenvalue weighted by Crippen LogP contribution is 2.17. The van der Waals surface area contributed by atoms with Gasteiger partial charge in [0.25, 0.3) is 5.91 Å². The molecule has 9 N–H and O–H groups in total. The maximum atomic E-state index is 12.2. The SMILES string of the molecule is COC(=O)C(COc1ccc(CCCCN=C(N)NC(=O)c2nc(Cl)c(N)nc2N)cc1)NC(=O)O.